The maximum absolute atomic E-state index is 12.1. The summed E-state index contributed by atoms with van der Waals surface area (Å²) in [4.78, 5) is 16.4. The van der Waals surface area contributed by atoms with Gasteiger partial charge in [0.1, 0.15) is 12.4 Å². The molecule has 5 nitrogen and oxygen atoms in total. The van der Waals surface area contributed by atoms with Crippen molar-refractivity contribution < 1.29 is 14.3 Å². The predicted molar refractivity (Wildman–Crippen MR) is 80.2 cm³/mol. The number of nitrogens with two attached hydrogens (primary N) is 1. The number of carbonyl (C=O) groups excluding carboxylic acids is 1. The standard InChI is InChI=1S/C16H18N2O3/c1-10-7-13(20-3)8-12(18-10)9-21-16(19)14-5-4-6-15(17)11(14)2/h4-8H,9,17H2,1-3H3. The molecule has 0 unspecified atom stereocenters. The third-order valence-electron chi connectivity index (χ3n) is 3.16. The topological polar surface area (TPSA) is 74.4 Å². The van der Waals surface area contributed by atoms with Gasteiger partial charge in [-0.15, -0.1) is 0 Å². The number of methoxy groups -OCH3 is 1. The summed E-state index contributed by atoms with van der Waals surface area (Å²) in [5, 5.41) is 0. The van der Waals surface area contributed by atoms with Gasteiger partial charge in [0.15, 0.2) is 0 Å². The number of nitrogen functional groups attached to an aromatic ring is 1. The van der Waals surface area contributed by atoms with Gasteiger partial charge in [-0.3, -0.25) is 4.98 Å². The van der Waals surface area contributed by atoms with Crippen molar-refractivity contribution in [2.45, 2.75) is 20.5 Å². The van der Waals surface area contributed by atoms with Gasteiger partial charge in [-0.05, 0) is 31.5 Å². The summed E-state index contributed by atoms with van der Waals surface area (Å²) < 4.78 is 10.5. The summed E-state index contributed by atoms with van der Waals surface area (Å²) >= 11 is 0. The molecule has 21 heavy (non-hydrogen) atoms. The molecule has 0 bridgehead atoms. The van der Waals surface area contributed by atoms with Crippen molar-refractivity contribution >= 4 is 11.7 Å². The Morgan fingerprint density at radius 3 is 2.76 bits per heavy atom. The molecule has 0 saturated carbocycles. The molecule has 0 radical (unpaired) electrons. The normalized spacial score (nSPS) is 10.2. The quantitative estimate of drug-likeness (QED) is 0.691. The zero-order chi connectivity index (χ0) is 15.4. The highest BCUT2D eigenvalue weighted by atomic mass is 16.5. The lowest BCUT2D eigenvalue weighted by atomic mass is 10.1. The molecule has 1 aromatic heterocycles. The number of rotatable bonds is 4. The Morgan fingerprint density at radius 2 is 2.05 bits per heavy atom. The SMILES string of the molecule is COc1cc(C)nc(COC(=O)c2cccc(N)c2C)c1. The molecule has 0 atom stereocenters. The summed E-state index contributed by atoms with van der Waals surface area (Å²) in [7, 11) is 1.58. The molecule has 0 aliphatic carbocycles. The smallest absolute Gasteiger partial charge is 0.338 e. The third-order valence-corrected chi connectivity index (χ3v) is 3.16. The Morgan fingerprint density at radius 1 is 1.29 bits per heavy atom. The molecule has 0 aliphatic rings. The number of pyridine rings is 1. The van der Waals surface area contributed by atoms with Gasteiger partial charge < -0.3 is 15.2 Å². The molecule has 0 aliphatic heterocycles. The number of ether oxygens (including phenoxy) is 2. The van der Waals surface area contributed by atoms with Crippen LogP contribution in [0, 0.1) is 13.8 Å². The number of carbonyl (C=O) groups is 1. The maximum atomic E-state index is 12.1. The zero-order valence-corrected chi connectivity index (χ0v) is 12.3. The number of hydrogen-bond acceptors (Lipinski definition) is 5. The zero-order valence-electron chi connectivity index (χ0n) is 12.3. The Labute approximate surface area is 123 Å². The molecular weight excluding hydrogens is 268 g/mol. The molecule has 2 aromatic rings. The number of aryl methyl sites for hydroxylation is 1. The molecule has 1 aromatic carbocycles. The van der Waals surface area contributed by atoms with E-state index in [0.717, 1.165) is 11.3 Å². The molecule has 1 heterocycles. The van der Waals surface area contributed by atoms with Gasteiger partial charge in [0, 0.05) is 23.5 Å². The molecule has 0 saturated heterocycles. The van der Waals surface area contributed by atoms with Crippen LogP contribution in [0.15, 0.2) is 30.3 Å². The van der Waals surface area contributed by atoms with Gasteiger partial charge in [0.25, 0.3) is 0 Å². The predicted octanol–water partition coefficient (Wildman–Crippen LogP) is 2.65. The first-order valence-electron chi connectivity index (χ1n) is 6.55. The number of hydrogen-bond donors (Lipinski definition) is 1. The van der Waals surface area contributed by atoms with Gasteiger partial charge in [0.2, 0.25) is 0 Å². The summed E-state index contributed by atoms with van der Waals surface area (Å²) in [5.74, 6) is 0.274. The van der Waals surface area contributed by atoms with E-state index in [-0.39, 0.29) is 6.61 Å². The highest BCUT2D eigenvalue weighted by molar-refractivity contribution is 5.92. The fourth-order valence-corrected chi connectivity index (χ4v) is 1.99. The maximum Gasteiger partial charge on any atom is 0.338 e. The number of benzene rings is 1. The van der Waals surface area contributed by atoms with Crippen molar-refractivity contribution in [3.8, 4) is 5.75 Å². The van der Waals surface area contributed by atoms with E-state index in [9.17, 15) is 4.79 Å². The highest BCUT2D eigenvalue weighted by Crippen LogP contribution is 2.18. The van der Waals surface area contributed by atoms with E-state index in [4.69, 9.17) is 15.2 Å². The third kappa shape index (κ3) is 3.51. The number of aromatic nitrogens is 1. The fourth-order valence-electron chi connectivity index (χ4n) is 1.99. The van der Waals surface area contributed by atoms with Crippen molar-refractivity contribution in [1.29, 1.82) is 0 Å². The number of anilines is 1. The van der Waals surface area contributed by atoms with Crippen LogP contribution in [0.1, 0.15) is 27.3 Å². The van der Waals surface area contributed by atoms with Crippen LogP contribution >= 0.6 is 0 Å². The first kappa shape index (κ1) is 14.8. The van der Waals surface area contributed by atoms with Crippen molar-refractivity contribution in [2.75, 3.05) is 12.8 Å². The van der Waals surface area contributed by atoms with Crippen LogP contribution in [0.4, 0.5) is 5.69 Å². The van der Waals surface area contributed by atoms with Crippen LogP contribution < -0.4 is 10.5 Å². The largest absolute Gasteiger partial charge is 0.497 e. The number of esters is 1. The van der Waals surface area contributed by atoms with E-state index in [2.05, 4.69) is 4.98 Å². The second kappa shape index (κ2) is 6.26. The van der Waals surface area contributed by atoms with E-state index in [0.29, 0.717) is 22.7 Å². The van der Waals surface area contributed by atoms with Gasteiger partial charge in [-0.2, -0.15) is 0 Å². The second-order valence-corrected chi connectivity index (χ2v) is 4.74. The molecule has 110 valence electrons. The van der Waals surface area contributed by atoms with Gasteiger partial charge >= 0.3 is 5.97 Å². The average Bonchev–Trinajstić information content (AvgIpc) is 2.47. The molecule has 2 rings (SSSR count). The van der Waals surface area contributed by atoms with Gasteiger partial charge in [0.05, 0.1) is 18.4 Å². The minimum Gasteiger partial charge on any atom is -0.497 e. The monoisotopic (exact) mass is 286 g/mol. The van der Waals surface area contributed by atoms with E-state index in [1.54, 1.807) is 38.3 Å². The van der Waals surface area contributed by atoms with E-state index in [1.807, 2.05) is 13.0 Å². The minimum atomic E-state index is -0.415. The van der Waals surface area contributed by atoms with Crippen molar-refractivity contribution in [3.63, 3.8) is 0 Å². The summed E-state index contributed by atoms with van der Waals surface area (Å²) in [5.41, 5.74) is 8.99. The first-order valence-corrected chi connectivity index (χ1v) is 6.55. The second-order valence-electron chi connectivity index (χ2n) is 4.74. The Hall–Kier alpha value is -2.56. The summed E-state index contributed by atoms with van der Waals surface area (Å²) in [6.07, 6.45) is 0. The fraction of sp³-hybridized carbons (Fsp3) is 0.250. The average molecular weight is 286 g/mol. The van der Waals surface area contributed by atoms with Crippen LogP contribution in [-0.4, -0.2) is 18.1 Å². The Kier molecular flexibility index (Phi) is 4.42. The van der Waals surface area contributed by atoms with E-state index < -0.39 is 5.97 Å². The van der Waals surface area contributed by atoms with Gasteiger partial charge in [-0.1, -0.05) is 6.07 Å². The summed E-state index contributed by atoms with van der Waals surface area (Å²) in [6, 6.07) is 8.73. The van der Waals surface area contributed by atoms with Crippen LogP contribution in [-0.2, 0) is 11.3 Å². The molecule has 0 amide bonds. The first-order chi connectivity index (χ1) is 10.0. The summed E-state index contributed by atoms with van der Waals surface area (Å²) in [6.45, 7) is 3.74. The van der Waals surface area contributed by atoms with Crippen LogP contribution in [0.3, 0.4) is 0 Å². The lowest BCUT2D eigenvalue weighted by Gasteiger charge is -2.09. The molecule has 0 spiro atoms. The lowest BCUT2D eigenvalue weighted by Crippen LogP contribution is -2.09. The van der Waals surface area contributed by atoms with Gasteiger partial charge in [-0.25, -0.2) is 4.79 Å². The number of nitrogens with zero attached hydrogens (tertiary/aromatic N) is 1. The van der Waals surface area contributed by atoms with E-state index >= 15 is 0 Å². The van der Waals surface area contributed by atoms with Crippen LogP contribution in [0.25, 0.3) is 0 Å². The van der Waals surface area contributed by atoms with Crippen molar-refractivity contribution in [3.05, 3.63) is 52.8 Å². The Balaban J connectivity index is 2.11. The minimum absolute atomic E-state index is 0.0884. The highest BCUT2D eigenvalue weighted by Gasteiger charge is 2.12. The molecule has 0 fully saturated rings. The van der Waals surface area contributed by atoms with Crippen LogP contribution in [0.2, 0.25) is 0 Å². The van der Waals surface area contributed by atoms with Crippen molar-refractivity contribution in [2.24, 2.45) is 0 Å². The molecule has 2 N–H and O–H groups in total. The lowest BCUT2D eigenvalue weighted by molar-refractivity contribution is 0.0466. The Bertz CT molecular complexity index is 669. The van der Waals surface area contributed by atoms with E-state index in [1.165, 1.54) is 0 Å². The van der Waals surface area contributed by atoms with Crippen molar-refractivity contribution in [1.82, 2.24) is 4.98 Å². The molecular formula is C16H18N2O3. The van der Waals surface area contributed by atoms with Crippen LogP contribution in [0.5, 0.6) is 5.75 Å². The molecule has 5 heteroatoms.